The molecule has 8 heteroatoms. The van der Waals surface area contributed by atoms with E-state index in [4.69, 9.17) is 0 Å². The molecule has 1 N–H and O–H groups in total. The molecular formula is C20H25FN2O4S. The van der Waals surface area contributed by atoms with E-state index in [1.165, 1.54) is 9.21 Å². The van der Waals surface area contributed by atoms with E-state index in [0.29, 0.717) is 0 Å². The van der Waals surface area contributed by atoms with E-state index in [1.54, 1.807) is 13.8 Å². The molecule has 0 spiro atoms. The number of hydrogen-bond acceptors (Lipinski definition) is 4. The highest BCUT2D eigenvalue weighted by molar-refractivity contribution is 7.89. The predicted molar refractivity (Wildman–Crippen MR) is 105 cm³/mol. The standard InChI is InChI=1S/C20H25FN2O4S/c1-3-23(4-2)28(26,27)17-10-11-19(21)18(14-17)20(25)22(12-13-24)15-16-8-6-5-7-9-16/h5-11,14,24H,3-4,12-13,15H2,1-2H3. The van der Waals surface area contributed by atoms with Crippen LogP contribution < -0.4 is 0 Å². The number of aliphatic hydroxyl groups is 1. The number of halogens is 1. The molecule has 2 aromatic rings. The van der Waals surface area contributed by atoms with Crippen molar-refractivity contribution in [1.29, 1.82) is 0 Å². The van der Waals surface area contributed by atoms with Crippen molar-refractivity contribution in [2.45, 2.75) is 25.3 Å². The molecule has 0 heterocycles. The third-order valence-electron chi connectivity index (χ3n) is 4.38. The second kappa shape index (κ2) is 9.77. The second-order valence-electron chi connectivity index (χ2n) is 6.17. The van der Waals surface area contributed by atoms with Crippen molar-refractivity contribution in [2.75, 3.05) is 26.2 Å². The highest BCUT2D eigenvalue weighted by atomic mass is 32.2. The molecule has 0 aliphatic carbocycles. The molecule has 0 aliphatic heterocycles. The summed E-state index contributed by atoms with van der Waals surface area (Å²) in [5, 5.41) is 9.31. The van der Waals surface area contributed by atoms with Gasteiger partial charge in [-0.1, -0.05) is 44.2 Å². The highest BCUT2D eigenvalue weighted by Crippen LogP contribution is 2.21. The van der Waals surface area contributed by atoms with Gasteiger partial charge in [0, 0.05) is 26.2 Å². The van der Waals surface area contributed by atoms with Gasteiger partial charge in [0.15, 0.2) is 0 Å². The summed E-state index contributed by atoms with van der Waals surface area (Å²) in [5.74, 6) is -1.48. The van der Waals surface area contributed by atoms with Crippen LogP contribution in [0, 0.1) is 5.82 Å². The maximum absolute atomic E-state index is 14.4. The molecule has 0 aliphatic rings. The molecule has 0 radical (unpaired) electrons. The Hall–Kier alpha value is -2.29. The molecule has 0 unspecified atom stereocenters. The maximum atomic E-state index is 14.4. The number of benzene rings is 2. The van der Waals surface area contributed by atoms with Gasteiger partial charge < -0.3 is 10.0 Å². The average molecular weight is 408 g/mol. The first-order chi connectivity index (χ1) is 13.3. The third-order valence-corrected chi connectivity index (χ3v) is 6.43. The van der Waals surface area contributed by atoms with Crippen LogP contribution in [-0.4, -0.2) is 54.9 Å². The lowest BCUT2D eigenvalue weighted by atomic mass is 10.1. The first-order valence-electron chi connectivity index (χ1n) is 9.08. The van der Waals surface area contributed by atoms with Crippen LogP contribution in [0.5, 0.6) is 0 Å². The SMILES string of the molecule is CCN(CC)S(=O)(=O)c1ccc(F)c(C(=O)N(CCO)Cc2ccccc2)c1. The van der Waals surface area contributed by atoms with Crippen LogP contribution in [0.1, 0.15) is 29.8 Å². The largest absolute Gasteiger partial charge is 0.395 e. The molecule has 6 nitrogen and oxygen atoms in total. The Morgan fingerprint density at radius 2 is 1.71 bits per heavy atom. The number of rotatable bonds is 9. The van der Waals surface area contributed by atoms with Gasteiger partial charge >= 0.3 is 0 Å². The summed E-state index contributed by atoms with van der Waals surface area (Å²) in [7, 11) is -3.82. The monoisotopic (exact) mass is 408 g/mol. The number of hydrogen-bond donors (Lipinski definition) is 1. The summed E-state index contributed by atoms with van der Waals surface area (Å²) in [5.41, 5.74) is 0.481. The van der Waals surface area contributed by atoms with Crippen molar-refractivity contribution in [3.63, 3.8) is 0 Å². The molecular weight excluding hydrogens is 383 g/mol. The summed E-state index contributed by atoms with van der Waals surface area (Å²) in [6.45, 7) is 3.83. The Labute approximate surface area is 165 Å². The van der Waals surface area contributed by atoms with Crippen LogP contribution in [0.2, 0.25) is 0 Å². The van der Waals surface area contributed by atoms with E-state index in [2.05, 4.69) is 0 Å². The number of carbonyl (C=O) groups is 1. The van der Waals surface area contributed by atoms with Gasteiger partial charge in [-0.3, -0.25) is 4.79 Å². The Morgan fingerprint density at radius 1 is 1.07 bits per heavy atom. The van der Waals surface area contributed by atoms with Crippen molar-refractivity contribution < 1.29 is 22.7 Å². The Kier molecular flexibility index (Phi) is 7.68. The average Bonchev–Trinajstić information content (AvgIpc) is 2.69. The van der Waals surface area contributed by atoms with Crippen LogP contribution in [0.25, 0.3) is 0 Å². The summed E-state index contributed by atoms with van der Waals surface area (Å²) in [6.07, 6.45) is 0. The number of carbonyl (C=O) groups excluding carboxylic acids is 1. The number of nitrogens with zero attached hydrogens (tertiary/aromatic N) is 2. The van der Waals surface area contributed by atoms with E-state index >= 15 is 0 Å². The molecule has 0 atom stereocenters. The Bertz CT molecular complexity index is 900. The molecule has 2 rings (SSSR count). The van der Waals surface area contributed by atoms with Gasteiger partial charge in [0.2, 0.25) is 10.0 Å². The van der Waals surface area contributed by atoms with E-state index in [-0.39, 0.29) is 43.2 Å². The van der Waals surface area contributed by atoms with Crippen LogP contribution in [0.4, 0.5) is 4.39 Å². The minimum absolute atomic E-state index is 0.000189. The van der Waals surface area contributed by atoms with Crippen LogP contribution in [0.3, 0.4) is 0 Å². The van der Waals surface area contributed by atoms with Crippen molar-refractivity contribution in [2.24, 2.45) is 0 Å². The molecule has 0 bridgehead atoms. The van der Waals surface area contributed by atoms with E-state index in [9.17, 15) is 22.7 Å². The number of sulfonamides is 1. The fraction of sp³-hybridized carbons (Fsp3) is 0.350. The quantitative estimate of drug-likeness (QED) is 0.692. The lowest BCUT2D eigenvalue weighted by Crippen LogP contribution is -2.34. The zero-order chi connectivity index (χ0) is 20.7. The summed E-state index contributed by atoms with van der Waals surface area (Å²) in [4.78, 5) is 14.1. The van der Waals surface area contributed by atoms with Crippen molar-refractivity contribution in [1.82, 2.24) is 9.21 Å². The van der Waals surface area contributed by atoms with E-state index in [1.807, 2.05) is 30.3 Å². The predicted octanol–water partition coefficient (Wildman–Crippen LogP) is 2.49. The smallest absolute Gasteiger partial charge is 0.257 e. The van der Waals surface area contributed by atoms with Crippen LogP contribution in [0.15, 0.2) is 53.4 Å². The fourth-order valence-electron chi connectivity index (χ4n) is 2.89. The van der Waals surface area contributed by atoms with Crippen molar-refractivity contribution in [3.8, 4) is 0 Å². The highest BCUT2D eigenvalue weighted by Gasteiger charge is 2.26. The summed E-state index contributed by atoms with van der Waals surface area (Å²) < 4.78 is 41.0. The zero-order valence-corrected chi connectivity index (χ0v) is 16.8. The van der Waals surface area contributed by atoms with Gasteiger partial charge in [-0.15, -0.1) is 0 Å². The lowest BCUT2D eigenvalue weighted by Gasteiger charge is -2.23. The molecule has 0 saturated heterocycles. The van der Waals surface area contributed by atoms with Crippen molar-refractivity contribution in [3.05, 3.63) is 65.5 Å². The first kappa shape index (κ1) is 22.0. The van der Waals surface area contributed by atoms with Gasteiger partial charge in [0.25, 0.3) is 5.91 Å². The van der Waals surface area contributed by atoms with Gasteiger partial charge in [0.1, 0.15) is 5.82 Å². The number of amides is 1. The Balaban J connectivity index is 2.40. The Morgan fingerprint density at radius 3 is 2.29 bits per heavy atom. The molecule has 28 heavy (non-hydrogen) atoms. The summed E-state index contributed by atoms with van der Waals surface area (Å²) >= 11 is 0. The normalized spacial score (nSPS) is 11.6. The number of aliphatic hydroxyl groups excluding tert-OH is 1. The molecule has 1 amide bonds. The van der Waals surface area contributed by atoms with Crippen LogP contribution >= 0.6 is 0 Å². The van der Waals surface area contributed by atoms with Crippen molar-refractivity contribution >= 4 is 15.9 Å². The second-order valence-corrected chi connectivity index (χ2v) is 8.10. The fourth-order valence-corrected chi connectivity index (χ4v) is 4.37. The maximum Gasteiger partial charge on any atom is 0.257 e. The van der Waals surface area contributed by atoms with Gasteiger partial charge in [0.05, 0.1) is 17.1 Å². The third kappa shape index (κ3) is 4.95. The van der Waals surface area contributed by atoms with E-state index < -0.39 is 21.7 Å². The van der Waals surface area contributed by atoms with Gasteiger partial charge in [-0.05, 0) is 23.8 Å². The minimum Gasteiger partial charge on any atom is -0.395 e. The van der Waals surface area contributed by atoms with Crippen LogP contribution in [-0.2, 0) is 16.6 Å². The lowest BCUT2D eigenvalue weighted by molar-refractivity contribution is 0.0703. The molecule has 152 valence electrons. The zero-order valence-electron chi connectivity index (χ0n) is 16.0. The summed E-state index contributed by atoms with van der Waals surface area (Å²) in [6, 6.07) is 12.3. The molecule has 0 fully saturated rings. The van der Waals surface area contributed by atoms with Gasteiger partial charge in [-0.2, -0.15) is 4.31 Å². The minimum atomic E-state index is -3.82. The molecule has 0 saturated carbocycles. The molecule has 0 aromatic heterocycles. The first-order valence-corrected chi connectivity index (χ1v) is 10.5. The molecule has 2 aromatic carbocycles. The van der Waals surface area contributed by atoms with E-state index in [0.717, 1.165) is 23.8 Å². The topological polar surface area (TPSA) is 77.9 Å². The van der Waals surface area contributed by atoms with Gasteiger partial charge in [-0.25, -0.2) is 12.8 Å².